The van der Waals surface area contributed by atoms with E-state index in [2.05, 4.69) is 22.2 Å². The molecule has 2 aliphatic rings. The van der Waals surface area contributed by atoms with Gasteiger partial charge in [-0.15, -0.1) is 11.3 Å². The number of nitrogens with zero attached hydrogens (tertiary/aromatic N) is 4. The fourth-order valence-electron chi connectivity index (χ4n) is 5.10. The van der Waals surface area contributed by atoms with Crippen LogP contribution < -0.4 is 10.1 Å². The van der Waals surface area contributed by atoms with E-state index < -0.39 is 0 Å². The maximum absolute atomic E-state index is 13.3. The molecule has 0 radical (unpaired) electrons. The summed E-state index contributed by atoms with van der Waals surface area (Å²) in [4.78, 5) is 39.9. The Labute approximate surface area is 228 Å². The highest BCUT2D eigenvalue weighted by Gasteiger charge is 2.27. The van der Waals surface area contributed by atoms with Crippen molar-refractivity contribution >= 4 is 28.8 Å². The first-order chi connectivity index (χ1) is 18.4. The summed E-state index contributed by atoms with van der Waals surface area (Å²) in [5.41, 5.74) is 3.57. The van der Waals surface area contributed by atoms with Gasteiger partial charge in [-0.2, -0.15) is 0 Å². The Kier molecular flexibility index (Phi) is 8.04. The molecule has 5 rings (SSSR count). The van der Waals surface area contributed by atoms with Crippen LogP contribution in [-0.2, 0) is 4.79 Å². The van der Waals surface area contributed by atoms with Crippen LogP contribution in [0.15, 0.2) is 42.0 Å². The van der Waals surface area contributed by atoms with Crippen molar-refractivity contribution in [2.75, 3.05) is 39.6 Å². The molecule has 1 aliphatic heterocycles. The molecule has 3 aromatic rings. The number of methoxy groups -OCH3 is 1. The maximum Gasteiger partial charge on any atom is 0.257 e. The summed E-state index contributed by atoms with van der Waals surface area (Å²) in [7, 11) is 5.58. The smallest absolute Gasteiger partial charge is 0.257 e. The summed E-state index contributed by atoms with van der Waals surface area (Å²) in [5.74, 6) is 1.09. The Morgan fingerprint density at radius 1 is 1.13 bits per heavy atom. The zero-order chi connectivity index (χ0) is 26.6. The highest BCUT2D eigenvalue weighted by molar-refractivity contribution is 7.14. The number of hydrogen-bond donors (Lipinski definition) is 1. The summed E-state index contributed by atoms with van der Waals surface area (Å²) >= 11 is 1.52. The van der Waals surface area contributed by atoms with E-state index >= 15 is 0 Å². The van der Waals surface area contributed by atoms with Gasteiger partial charge in [0, 0.05) is 30.5 Å². The highest BCUT2D eigenvalue weighted by atomic mass is 32.1. The fraction of sp³-hybridized carbons (Fsp3) is 0.448. The van der Waals surface area contributed by atoms with Crippen LogP contribution in [0.3, 0.4) is 0 Å². The van der Waals surface area contributed by atoms with Gasteiger partial charge in [-0.1, -0.05) is 12.5 Å². The van der Waals surface area contributed by atoms with Crippen molar-refractivity contribution in [3.63, 3.8) is 0 Å². The van der Waals surface area contributed by atoms with Gasteiger partial charge in [0.05, 0.1) is 47.0 Å². The standard InChI is InChI=1S/C29H35N5O3S/c1-33-11-9-22(10-12-33)34(2)29(36)23-8-7-20(14-26(23)37-3)24-16-30-17-25(32-24)27-15-21(18-38-27)31-28(35)13-19-5-4-6-19/h7-8,14-19,22H,4-6,9-13H2,1-3H3,(H,31,35). The minimum absolute atomic E-state index is 0.0340. The minimum Gasteiger partial charge on any atom is -0.496 e. The van der Waals surface area contributed by atoms with E-state index in [-0.39, 0.29) is 17.9 Å². The number of carbonyl (C=O) groups is 2. The molecular weight excluding hydrogens is 498 g/mol. The molecule has 0 atom stereocenters. The third-order valence-corrected chi connectivity index (χ3v) is 8.71. The summed E-state index contributed by atoms with van der Waals surface area (Å²) in [6.07, 6.45) is 9.50. The molecule has 1 saturated heterocycles. The normalized spacial score (nSPS) is 16.6. The second kappa shape index (κ2) is 11.6. The van der Waals surface area contributed by atoms with Gasteiger partial charge in [-0.3, -0.25) is 14.6 Å². The largest absolute Gasteiger partial charge is 0.496 e. The summed E-state index contributed by atoms with van der Waals surface area (Å²) < 4.78 is 5.64. The van der Waals surface area contributed by atoms with Gasteiger partial charge in [0.2, 0.25) is 5.91 Å². The molecule has 0 unspecified atom stereocenters. The summed E-state index contributed by atoms with van der Waals surface area (Å²) in [5, 5.41) is 4.95. The lowest BCUT2D eigenvalue weighted by Crippen LogP contribution is -2.44. The monoisotopic (exact) mass is 533 g/mol. The molecule has 200 valence electrons. The molecule has 0 bridgehead atoms. The number of amides is 2. The van der Waals surface area contributed by atoms with Gasteiger partial charge in [0.15, 0.2) is 0 Å². The molecule has 1 aliphatic carbocycles. The fourth-order valence-corrected chi connectivity index (χ4v) is 5.89. The van der Waals surface area contributed by atoms with E-state index in [4.69, 9.17) is 9.72 Å². The van der Waals surface area contributed by atoms with Crippen LogP contribution in [0.2, 0.25) is 0 Å². The zero-order valence-electron chi connectivity index (χ0n) is 22.3. The average molecular weight is 534 g/mol. The molecule has 2 aromatic heterocycles. The van der Waals surface area contributed by atoms with Gasteiger partial charge in [0.25, 0.3) is 5.91 Å². The number of ether oxygens (including phenoxy) is 1. The third kappa shape index (κ3) is 5.89. The molecule has 3 heterocycles. The van der Waals surface area contributed by atoms with Crippen molar-refractivity contribution in [2.45, 2.75) is 44.6 Å². The Morgan fingerprint density at radius 2 is 1.89 bits per heavy atom. The molecule has 0 spiro atoms. The van der Waals surface area contributed by atoms with E-state index in [0.717, 1.165) is 60.6 Å². The first kappa shape index (κ1) is 26.3. The van der Waals surface area contributed by atoms with Crippen LogP contribution in [0.1, 0.15) is 48.9 Å². The number of anilines is 1. The lowest BCUT2D eigenvalue weighted by molar-refractivity contribution is -0.117. The average Bonchev–Trinajstić information content (AvgIpc) is 3.38. The first-order valence-corrected chi connectivity index (χ1v) is 14.1. The molecule has 1 aromatic carbocycles. The van der Waals surface area contributed by atoms with E-state index in [0.29, 0.717) is 29.3 Å². The van der Waals surface area contributed by atoms with Gasteiger partial charge >= 0.3 is 0 Å². The Balaban J connectivity index is 1.30. The van der Waals surface area contributed by atoms with Crippen LogP contribution in [-0.4, -0.2) is 71.9 Å². The number of piperidine rings is 1. The quantitative estimate of drug-likeness (QED) is 0.430. The Hall–Kier alpha value is -3.30. The summed E-state index contributed by atoms with van der Waals surface area (Å²) in [6.45, 7) is 1.98. The number of benzene rings is 1. The van der Waals surface area contributed by atoms with Crippen molar-refractivity contribution in [1.29, 1.82) is 0 Å². The molecule has 2 fully saturated rings. The minimum atomic E-state index is -0.0340. The number of likely N-dealkylation sites (tertiary alicyclic amines) is 1. The second-order valence-corrected chi connectivity index (χ2v) is 11.3. The van der Waals surface area contributed by atoms with Gasteiger partial charge in [-0.25, -0.2) is 4.98 Å². The van der Waals surface area contributed by atoms with Gasteiger partial charge in [0.1, 0.15) is 5.75 Å². The predicted molar refractivity (Wildman–Crippen MR) is 151 cm³/mol. The lowest BCUT2D eigenvalue weighted by Gasteiger charge is -2.35. The van der Waals surface area contributed by atoms with E-state index in [1.165, 1.54) is 17.8 Å². The number of thiophene rings is 1. The maximum atomic E-state index is 13.3. The Morgan fingerprint density at radius 3 is 2.61 bits per heavy atom. The van der Waals surface area contributed by atoms with E-state index in [1.54, 1.807) is 19.5 Å². The Bertz CT molecular complexity index is 1300. The van der Waals surface area contributed by atoms with Crippen LogP contribution in [0, 0.1) is 5.92 Å². The molecule has 8 nitrogen and oxygen atoms in total. The van der Waals surface area contributed by atoms with E-state index in [9.17, 15) is 9.59 Å². The molecule has 9 heteroatoms. The predicted octanol–water partition coefficient (Wildman–Crippen LogP) is 5.18. The molecule has 2 amide bonds. The zero-order valence-corrected chi connectivity index (χ0v) is 23.1. The number of nitrogens with one attached hydrogen (secondary N) is 1. The van der Waals surface area contributed by atoms with Crippen molar-refractivity contribution in [2.24, 2.45) is 5.92 Å². The molecule has 1 N–H and O–H groups in total. The molecule has 1 saturated carbocycles. The summed E-state index contributed by atoms with van der Waals surface area (Å²) in [6, 6.07) is 7.73. The van der Waals surface area contributed by atoms with Crippen molar-refractivity contribution < 1.29 is 14.3 Å². The van der Waals surface area contributed by atoms with Crippen LogP contribution >= 0.6 is 11.3 Å². The van der Waals surface area contributed by atoms with Crippen LogP contribution in [0.4, 0.5) is 5.69 Å². The van der Waals surface area contributed by atoms with Crippen molar-refractivity contribution in [1.82, 2.24) is 19.8 Å². The van der Waals surface area contributed by atoms with Crippen LogP contribution in [0.25, 0.3) is 21.8 Å². The number of carbonyl (C=O) groups excluding carboxylic acids is 2. The molecular formula is C29H35N5O3S. The third-order valence-electron chi connectivity index (χ3n) is 7.75. The van der Waals surface area contributed by atoms with Crippen molar-refractivity contribution in [3.8, 4) is 27.6 Å². The number of rotatable bonds is 8. The SMILES string of the molecule is COc1cc(-c2cncc(-c3cc(NC(=O)CC4CCC4)cs3)n2)ccc1C(=O)N(C)C1CCN(C)CC1. The van der Waals surface area contributed by atoms with Crippen molar-refractivity contribution in [3.05, 3.63) is 47.6 Å². The van der Waals surface area contributed by atoms with Gasteiger partial charge < -0.3 is 19.9 Å². The first-order valence-electron chi connectivity index (χ1n) is 13.3. The topological polar surface area (TPSA) is 87.7 Å². The van der Waals surface area contributed by atoms with E-state index in [1.807, 2.05) is 41.6 Å². The number of aromatic nitrogens is 2. The highest BCUT2D eigenvalue weighted by Crippen LogP contribution is 2.33. The number of hydrogen-bond acceptors (Lipinski definition) is 7. The molecule has 38 heavy (non-hydrogen) atoms. The lowest BCUT2D eigenvalue weighted by atomic mass is 9.83. The second-order valence-electron chi connectivity index (χ2n) is 10.4. The van der Waals surface area contributed by atoms with Gasteiger partial charge in [-0.05, 0) is 69.9 Å². The van der Waals surface area contributed by atoms with Crippen LogP contribution in [0.5, 0.6) is 5.75 Å².